The van der Waals surface area contributed by atoms with Gasteiger partial charge in [0.25, 0.3) is 0 Å². The Morgan fingerprint density at radius 2 is 2.07 bits per heavy atom. The number of rotatable bonds is 2. The molecule has 0 atom stereocenters. The summed E-state index contributed by atoms with van der Waals surface area (Å²) in [7, 11) is 1.87. The van der Waals surface area contributed by atoms with Gasteiger partial charge < -0.3 is 10.5 Å². The van der Waals surface area contributed by atoms with Gasteiger partial charge in [0.2, 0.25) is 5.88 Å². The van der Waals surface area contributed by atoms with Crippen molar-refractivity contribution in [1.29, 1.82) is 0 Å². The molecule has 1 aromatic heterocycles. The summed E-state index contributed by atoms with van der Waals surface area (Å²) < 4.78 is 7.56. The van der Waals surface area contributed by atoms with Crippen LogP contribution in [-0.2, 0) is 7.05 Å². The molecule has 1 saturated carbocycles. The summed E-state index contributed by atoms with van der Waals surface area (Å²) in [5.74, 6) is 0.731. The molecule has 14 heavy (non-hydrogen) atoms. The molecule has 78 valence electrons. The Bertz CT molecular complexity index is 326. The van der Waals surface area contributed by atoms with E-state index < -0.39 is 0 Å². The standard InChI is InChI=1S/C10H17N3O/c1-7-9(11)10(13(2)12-7)14-8-5-3-4-6-8/h8H,3-6,11H2,1-2H3. The third-order valence-electron chi connectivity index (χ3n) is 2.79. The molecule has 0 saturated heterocycles. The Morgan fingerprint density at radius 3 is 2.57 bits per heavy atom. The average Bonchev–Trinajstić information content (AvgIpc) is 2.71. The van der Waals surface area contributed by atoms with Gasteiger partial charge in [0.1, 0.15) is 11.8 Å². The van der Waals surface area contributed by atoms with Gasteiger partial charge in [-0.1, -0.05) is 0 Å². The molecule has 0 spiro atoms. The lowest BCUT2D eigenvalue weighted by Gasteiger charge is -2.13. The fourth-order valence-corrected chi connectivity index (χ4v) is 1.96. The zero-order valence-corrected chi connectivity index (χ0v) is 8.79. The zero-order valence-electron chi connectivity index (χ0n) is 8.79. The number of aromatic nitrogens is 2. The predicted molar refractivity (Wildman–Crippen MR) is 55.2 cm³/mol. The fourth-order valence-electron chi connectivity index (χ4n) is 1.96. The Hall–Kier alpha value is -1.19. The number of anilines is 1. The van der Waals surface area contributed by atoms with Crippen molar-refractivity contribution in [3.63, 3.8) is 0 Å². The molecule has 0 aromatic carbocycles. The first-order chi connectivity index (χ1) is 6.68. The second-order valence-corrected chi connectivity index (χ2v) is 3.95. The van der Waals surface area contributed by atoms with Crippen molar-refractivity contribution < 1.29 is 4.74 Å². The lowest BCUT2D eigenvalue weighted by atomic mass is 10.3. The number of aryl methyl sites for hydroxylation is 2. The van der Waals surface area contributed by atoms with Crippen LogP contribution in [-0.4, -0.2) is 15.9 Å². The molecule has 0 amide bonds. The smallest absolute Gasteiger partial charge is 0.236 e. The Kier molecular flexibility index (Phi) is 2.35. The number of nitrogens with two attached hydrogens (primary N) is 1. The van der Waals surface area contributed by atoms with Crippen LogP contribution in [0.25, 0.3) is 0 Å². The van der Waals surface area contributed by atoms with Crippen molar-refractivity contribution in [3.05, 3.63) is 5.69 Å². The summed E-state index contributed by atoms with van der Waals surface area (Å²) in [6.45, 7) is 1.90. The molecule has 0 radical (unpaired) electrons. The quantitative estimate of drug-likeness (QED) is 0.780. The summed E-state index contributed by atoms with van der Waals surface area (Å²) in [6, 6.07) is 0. The van der Waals surface area contributed by atoms with Gasteiger partial charge >= 0.3 is 0 Å². The Labute approximate surface area is 84.0 Å². The van der Waals surface area contributed by atoms with Crippen LogP contribution in [0.2, 0.25) is 0 Å². The minimum atomic E-state index is 0.340. The monoisotopic (exact) mass is 195 g/mol. The molecule has 1 aromatic rings. The first kappa shape index (κ1) is 9.37. The molecule has 1 aliphatic rings. The highest BCUT2D eigenvalue weighted by molar-refractivity contribution is 5.52. The van der Waals surface area contributed by atoms with E-state index in [1.165, 1.54) is 12.8 Å². The highest BCUT2D eigenvalue weighted by atomic mass is 16.5. The molecule has 1 heterocycles. The summed E-state index contributed by atoms with van der Waals surface area (Å²) in [4.78, 5) is 0. The molecule has 4 heteroatoms. The lowest BCUT2D eigenvalue weighted by Crippen LogP contribution is -2.14. The number of hydrogen-bond acceptors (Lipinski definition) is 3. The highest BCUT2D eigenvalue weighted by Crippen LogP contribution is 2.29. The van der Waals surface area contributed by atoms with Crippen LogP contribution in [0.1, 0.15) is 31.4 Å². The minimum Gasteiger partial charge on any atom is -0.473 e. The zero-order chi connectivity index (χ0) is 10.1. The SMILES string of the molecule is Cc1nn(C)c(OC2CCCC2)c1N. The third-order valence-corrected chi connectivity index (χ3v) is 2.79. The Morgan fingerprint density at radius 1 is 1.43 bits per heavy atom. The Balaban J connectivity index is 2.14. The maximum atomic E-state index is 5.87. The number of nitrogens with zero attached hydrogens (tertiary/aromatic N) is 2. The van der Waals surface area contributed by atoms with Crippen LogP contribution < -0.4 is 10.5 Å². The van der Waals surface area contributed by atoms with Gasteiger partial charge in [-0.05, 0) is 32.6 Å². The predicted octanol–water partition coefficient (Wildman–Crippen LogP) is 1.63. The number of nitrogen functional groups attached to an aromatic ring is 1. The molecule has 1 fully saturated rings. The van der Waals surface area contributed by atoms with Crippen molar-refractivity contribution in [1.82, 2.24) is 9.78 Å². The summed E-state index contributed by atoms with van der Waals surface area (Å²) in [5.41, 5.74) is 7.40. The lowest BCUT2D eigenvalue weighted by molar-refractivity contribution is 0.193. The van der Waals surface area contributed by atoms with Crippen LogP contribution in [0.4, 0.5) is 5.69 Å². The normalized spacial score (nSPS) is 17.6. The molecule has 0 unspecified atom stereocenters. The molecule has 0 bridgehead atoms. The van der Waals surface area contributed by atoms with Crippen molar-refractivity contribution in [2.45, 2.75) is 38.7 Å². The minimum absolute atomic E-state index is 0.340. The van der Waals surface area contributed by atoms with E-state index in [1.54, 1.807) is 4.68 Å². The van der Waals surface area contributed by atoms with E-state index in [0.29, 0.717) is 11.8 Å². The van der Waals surface area contributed by atoms with Crippen LogP contribution in [0.15, 0.2) is 0 Å². The highest BCUT2D eigenvalue weighted by Gasteiger charge is 2.20. The molecule has 2 N–H and O–H groups in total. The summed E-state index contributed by atoms with van der Waals surface area (Å²) in [6.07, 6.45) is 5.16. The topological polar surface area (TPSA) is 53.1 Å². The first-order valence-corrected chi connectivity index (χ1v) is 5.14. The van der Waals surface area contributed by atoms with Crippen LogP contribution in [0.5, 0.6) is 5.88 Å². The van der Waals surface area contributed by atoms with Gasteiger partial charge in [-0.15, -0.1) is 0 Å². The van der Waals surface area contributed by atoms with E-state index in [4.69, 9.17) is 10.5 Å². The van der Waals surface area contributed by atoms with E-state index in [2.05, 4.69) is 5.10 Å². The van der Waals surface area contributed by atoms with Gasteiger partial charge in [-0.3, -0.25) is 0 Å². The van der Waals surface area contributed by atoms with E-state index in [9.17, 15) is 0 Å². The summed E-state index contributed by atoms with van der Waals surface area (Å²) in [5, 5.41) is 4.22. The number of hydrogen-bond donors (Lipinski definition) is 1. The average molecular weight is 195 g/mol. The molecular weight excluding hydrogens is 178 g/mol. The van der Waals surface area contributed by atoms with Gasteiger partial charge in [-0.25, -0.2) is 4.68 Å². The second-order valence-electron chi connectivity index (χ2n) is 3.95. The van der Waals surface area contributed by atoms with Crippen LogP contribution in [0.3, 0.4) is 0 Å². The van der Waals surface area contributed by atoms with Crippen molar-refractivity contribution >= 4 is 5.69 Å². The van der Waals surface area contributed by atoms with Gasteiger partial charge in [-0.2, -0.15) is 5.10 Å². The van der Waals surface area contributed by atoms with Crippen molar-refractivity contribution in [3.8, 4) is 5.88 Å². The van der Waals surface area contributed by atoms with Gasteiger partial charge in [0, 0.05) is 7.05 Å². The largest absolute Gasteiger partial charge is 0.473 e. The first-order valence-electron chi connectivity index (χ1n) is 5.14. The summed E-state index contributed by atoms with van der Waals surface area (Å²) >= 11 is 0. The number of ether oxygens (including phenoxy) is 1. The van der Waals surface area contributed by atoms with Crippen molar-refractivity contribution in [2.24, 2.45) is 7.05 Å². The molecule has 0 aliphatic heterocycles. The fraction of sp³-hybridized carbons (Fsp3) is 0.700. The molecule has 1 aliphatic carbocycles. The molecule has 2 rings (SSSR count). The van der Waals surface area contributed by atoms with E-state index in [0.717, 1.165) is 24.4 Å². The van der Waals surface area contributed by atoms with Crippen molar-refractivity contribution in [2.75, 3.05) is 5.73 Å². The second kappa shape index (κ2) is 3.52. The van der Waals surface area contributed by atoms with E-state index in [1.807, 2.05) is 14.0 Å². The van der Waals surface area contributed by atoms with E-state index >= 15 is 0 Å². The maximum absolute atomic E-state index is 5.87. The maximum Gasteiger partial charge on any atom is 0.236 e. The third kappa shape index (κ3) is 1.56. The van der Waals surface area contributed by atoms with Crippen LogP contribution >= 0.6 is 0 Å². The van der Waals surface area contributed by atoms with E-state index in [-0.39, 0.29) is 0 Å². The van der Waals surface area contributed by atoms with Crippen LogP contribution in [0, 0.1) is 6.92 Å². The molecule has 4 nitrogen and oxygen atoms in total. The molecular formula is C10H17N3O. The van der Waals surface area contributed by atoms with Gasteiger partial charge in [0.05, 0.1) is 5.69 Å². The van der Waals surface area contributed by atoms with Gasteiger partial charge in [0.15, 0.2) is 0 Å².